The Morgan fingerprint density at radius 3 is 2.71 bits per heavy atom. The highest BCUT2D eigenvalue weighted by Crippen LogP contribution is 2.33. The molecule has 0 aliphatic carbocycles. The van der Waals surface area contributed by atoms with Crippen LogP contribution < -0.4 is 5.32 Å². The van der Waals surface area contributed by atoms with Gasteiger partial charge in [-0.3, -0.25) is 14.5 Å². The number of carbonyl (C=O) groups is 2. The highest BCUT2D eigenvalue weighted by molar-refractivity contribution is 8.26. The molecule has 8 heteroatoms. The van der Waals surface area contributed by atoms with Gasteiger partial charge in [0.1, 0.15) is 10.9 Å². The fourth-order valence-electron chi connectivity index (χ4n) is 2.02. The molecule has 2 amide bonds. The molecule has 2 heterocycles. The van der Waals surface area contributed by atoms with E-state index >= 15 is 0 Å². The summed E-state index contributed by atoms with van der Waals surface area (Å²) in [6.07, 6.45) is 1.79. The predicted octanol–water partition coefficient (Wildman–Crippen LogP) is 4.24. The summed E-state index contributed by atoms with van der Waals surface area (Å²) in [5.74, 6) is -0.560. The van der Waals surface area contributed by atoms with Crippen LogP contribution >= 0.6 is 46.9 Å². The van der Waals surface area contributed by atoms with Gasteiger partial charge in [-0.1, -0.05) is 41.6 Å². The molecule has 122 valence electrons. The first kappa shape index (κ1) is 17.2. The first-order valence-corrected chi connectivity index (χ1v) is 9.35. The van der Waals surface area contributed by atoms with Crippen molar-refractivity contribution in [1.82, 2.24) is 4.90 Å². The number of hydrogen-bond acceptors (Lipinski definition) is 5. The average Bonchev–Trinajstić information content (AvgIpc) is 3.14. The molecule has 1 saturated heterocycles. The lowest BCUT2D eigenvalue weighted by molar-refractivity contribution is -0.126. The molecule has 2 aromatic rings. The summed E-state index contributed by atoms with van der Waals surface area (Å²) in [4.78, 5) is 27.4. The zero-order chi connectivity index (χ0) is 17.1. The second-order valence-electron chi connectivity index (χ2n) is 4.84. The largest absolute Gasteiger partial charge is 0.325 e. The molecule has 1 N–H and O–H groups in total. The van der Waals surface area contributed by atoms with Crippen molar-refractivity contribution in [3.63, 3.8) is 0 Å². The van der Waals surface area contributed by atoms with Gasteiger partial charge in [-0.05, 0) is 41.8 Å². The number of carbonyl (C=O) groups excluding carboxylic acids is 2. The zero-order valence-corrected chi connectivity index (χ0v) is 15.4. The minimum absolute atomic E-state index is 0.116. The Hall–Kier alpha value is -1.67. The molecule has 1 fully saturated rings. The van der Waals surface area contributed by atoms with Crippen LogP contribution in [0.3, 0.4) is 0 Å². The number of nitrogens with zero attached hydrogens (tertiary/aromatic N) is 1. The summed E-state index contributed by atoms with van der Waals surface area (Å²) in [7, 11) is 0. The number of nitrogens with one attached hydrogen (secondary N) is 1. The molecule has 1 aliphatic rings. The van der Waals surface area contributed by atoms with Crippen molar-refractivity contribution in [3.8, 4) is 0 Å². The van der Waals surface area contributed by atoms with E-state index in [1.54, 1.807) is 30.3 Å². The molecular formula is C16H11ClN2O2S3. The standard InChI is InChI=1S/C16H11ClN2O2S3/c17-10-3-5-11(6-4-10)18-14(20)9-19-15(21)13(24-16(19)22)8-12-2-1-7-23-12/h1-8H,9H2,(H,18,20). The Morgan fingerprint density at radius 1 is 1.29 bits per heavy atom. The summed E-state index contributed by atoms with van der Waals surface area (Å²) in [5, 5.41) is 5.24. The van der Waals surface area contributed by atoms with Gasteiger partial charge < -0.3 is 5.32 Å². The highest BCUT2D eigenvalue weighted by atomic mass is 35.5. The molecular weight excluding hydrogens is 384 g/mol. The van der Waals surface area contributed by atoms with Crippen LogP contribution in [0.2, 0.25) is 5.02 Å². The second-order valence-corrected chi connectivity index (χ2v) is 7.93. The van der Waals surface area contributed by atoms with E-state index in [4.69, 9.17) is 23.8 Å². The van der Waals surface area contributed by atoms with Crippen molar-refractivity contribution in [1.29, 1.82) is 0 Å². The maximum absolute atomic E-state index is 12.4. The van der Waals surface area contributed by atoms with Gasteiger partial charge >= 0.3 is 0 Å². The van der Waals surface area contributed by atoms with Gasteiger partial charge in [-0.25, -0.2) is 0 Å². The van der Waals surface area contributed by atoms with Crippen LogP contribution in [-0.4, -0.2) is 27.6 Å². The monoisotopic (exact) mass is 394 g/mol. The minimum atomic E-state index is -0.314. The third-order valence-corrected chi connectivity index (χ3v) is 5.57. The predicted molar refractivity (Wildman–Crippen MR) is 104 cm³/mol. The lowest BCUT2D eigenvalue weighted by atomic mass is 10.3. The van der Waals surface area contributed by atoms with Crippen molar-refractivity contribution >= 4 is 74.8 Å². The van der Waals surface area contributed by atoms with Crippen molar-refractivity contribution in [2.45, 2.75) is 0 Å². The van der Waals surface area contributed by atoms with Crippen LogP contribution in [0.4, 0.5) is 5.69 Å². The Morgan fingerprint density at radius 2 is 2.04 bits per heavy atom. The Labute approximate surface area is 157 Å². The number of thiocarbonyl (C=S) groups is 1. The number of thiophene rings is 1. The van der Waals surface area contributed by atoms with Crippen LogP contribution in [-0.2, 0) is 9.59 Å². The van der Waals surface area contributed by atoms with E-state index < -0.39 is 0 Å². The third-order valence-electron chi connectivity index (χ3n) is 3.12. The summed E-state index contributed by atoms with van der Waals surface area (Å²) >= 11 is 13.8. The molecule has 4 nitrogen and oxygen atoms in total. The number of thioether (sulfide) groups is 1. The summed E-state index contributed by atoms with van der Waals surface area (Å²) in [6.45, 7) is -0.116. The van der Waals surface area contributed by atoms with Gasteiger partial charge in [0.2, 0.25) is 5.91 Å². The normalized spacial score (nSPS) is 16.0. The average molecular weight is 395 g/mol. The van der Waals surface area contributed by atoms with Crippen LogP contribution in [0.25, 0.3) is 6.08 Å². The van der Waals surface area contributed by atoms with Crippen LogP contribution in [0.1, 0.15) is 4.88 Å². The first-order chi connectivity index (χ1) is 11.5. The van der Waals surface area contributed by atoms with Crippen molar-refractivity contribution in [3.05, 3.63) is 56.6 Å². The van der Waals surface area contributed by atoms with Gasteiger partial charge in [0.25, 0.3) is 5.91 Å². The zero-order valence-electron chi connectivity index (χ0n) is 12.2. The molecule has 3 rings (SSSR count). The number of hydrogen-bond donors (Lipinski definition) is 1. The molecule has 0 bridgehead atoms. The fourth-order valence-corrected chi connectivity index (χ4v) is 4.12. The van der Waals surface area contributed by atoms with E-state index in [2.05, 4.69) is 5.32 Å². The number of rotatable bonds is 4. The third kappa shape index (κ3) is 4.05. The van der Waals surface area contributed by atoms with Gasteiger partial charge in [0, 0.05) is 15.6 Å². The molecule has 1 aromatic carbocycles. The van der Waals surface area contributed by atoms with E-state index in [1.807, 2.05) is 17.5 Å². The molecule has 0 atom stereocenters. The molecule has 24 heavy (non-hydrogen) atoms. The maximum atomic E-state index is 12.4. The van der Waals surface area contributed by atoms with Crippen molar-refractivity contribution in [2.24, 2.45) is 0 Å². The van der Waals surface area contributed by atoms with E-state index in [1.165, 1.54) is 28.0 Å². The maximum Gasteiger partial charge on any atom is 0.266 e. The lowest BCUT2D eigenvalue weighted by Crippen LogP contribution is -2.36. The molecule has 0 saturated carbocycles. The molecule has 1 aromatic heterocycles. The van der Waals surface area contributed by atoms with Gasteiger partial charge in [-0.2, -0.15) is 0 Å². The number of benzene rings is 1. The second kappa shape index (κ2) is 7.48. The van der Waals surface area contributed by atoms with Crippen LogP contribution in [0, 0.1) is 0 Å². The van der Waals surface area contributed by atoms with Gasteiger partial charge in [0.15, 0.2) is 0 Å². The highest BCUT2D eigenvalue weighted by Gasteiger charge is 2.33. The first-order valence-electron chi connectivity index (χ1n) is 6.87. The quantitative estimate of drug-likeness (QED) is 0.622. The van der Waals surface area contributed by atoms with Crippen molar-refractivity contribution < 1.29 is 9.59 Å². The Bertz CT molecular complexity index is 816. The molecule has 0 radical (unpaired) electrons. The number of halogens is 1. The van der Waals surface area contributed by atoms with E-state index in [0.29, 0.717) is 19.9 Å². The summed E-state index contributed by atoms with van der Waals surface area (Å²) < 4.78 is 0.383. The molecule has 0 spiro atoms. The fraction of sp³-hybridized carbons (Fsp3) is 0.0625. The summed E-state index contributed by atoms with van der Waals surface area (Å²) in [6, 6.07) is 10.6. The number of anilines is 1. The summed E-state index contributed by atoms with van der Waals surface area (Å²) in [5.41, 5.74) is 0.615. The Kier molecular flexibility index (Phi) is 5.35. The van der Waals surface area contributed by atoms with Crippen LogP contribution in [0.15, 0.2) is 46.7 Å². The van der Waals surface area contributed by atoms with E-state index in [0.717, 1.165) is 4.88 Å². The lowest BCUT2D eigenvalue weighted by Gasteiger charge is -2.14. The van der Waals surface area contributed by atoms with Crippen LogP contribution in [0.5, 0.6) is 0 Å². The molecule has 0 unspecified atom stereocenters. The van der Waals surface area contributed by atoms with E-state index in [9.17, 15) is 9.59 Å². The topological polar surface area (TPSA) is 49.4 Å². The number of amides is 2. The van der Waals surface area contributed by atoms with E-state index in [-0.39, 0.29) is 18.4 Å². The molecule has 1 aliphatic heterocycles. The minimum Gasteiger partial charge on any atom is -0.325 e. The smallest absolute Gasteiger partial charge is 0.266 e. The Balaban J connectivity index is 1.66. The SMILES string of the molecule is O=C(CN1C(=O)C(=Cc2cccs2)SC1=S)Nc1ccc(Cl)cc1. The van der Waals surface area contributed by atoms with Gasteiger partial charge in [0.05, 0.1) is 4.91 Å². The van der Waals surface area contributed by atoms with Crippen molar-refractivity contribution in [2.75, 3.05) is 11.9 Å². The van der Waals surface area contributed by atoms with Gasteiger partial charge in [-0.15, -0.1) is 11.3 Å².